The minimum absolute atomic E-state index is 0.279. The van der Waals surface area contributed by atoms with Crippen molar-refractivity contribution in [3.8, 4) is 0 Å². The van der Waals surface area contributed by atoms with E-state index in [0.29, 0.717) is 12.6 Å². The molecule has 0 saturated carbocycles. The monoisotopic (exact) mass is 268 g/mol. The SMILES string of the molecule is CCN(CC)CC(C)NCC(O)c1ccc(F)cc1. The zero-order valence-corrected chi connectivity index (χ0v) is 12.1. The molecule has 19 heavy (non-hydrogen) atoms. The largest absolute Gasteiger partial charge is 0.387 e. The first-order valence-electron chi connectivity index (χ1n) is 6.96. The summed E-state index contributed by atoms with van der Waals surface area (Å²) in [5.74, 6) is -0.279. The Labute approximate surface area is 115 Å². The fraction of sp³-hybridized carbons (Fsp3) is 0.600. The Morgan fingerprint density at radius 3 is 2.32 bits per heavy atom. The highest BCUT2D eigenvalue weighted by Crippen LogP contribution is 2.12. The first-order valence-corrected chi connectivity index (χ1v) is 6.96. The van der Waals surface area contributed by atoms with Crippen molar-refractivity contribution in [3.05, 3.63) is 35.6 Å². The molecular weight excluding hydrogens is 243 g/mol. The van der Waals surface area contributed by atoms with Gasteiger partial charge in [-0.1, -0.05) is 26.0 Å². The standard InChI is InChI=1S/C15H25FN2O/c1-4-18(5-2)11-12(3)17-10-15(19)13-6-8-14(16)9-7-13/h6-9,12,15,17,19H,4-5,10-11H2,1-3H3. The van der Waals surface area contributed by atoms with Gasteiger partial charge in [0, 0.05) is 19.1 Å². The minimum atomic E-state index is -0.597. The van der Waals surface area contributed by atoms with Crippen molar-refractivity contribution in [2.75, 3.05) is 26.2 Å². The van der Waals surface area contributed by atoms with E-state index in [1.807, 2.05) is 0 Å². The summed E-state index contributed by atoms with van der Waals surface area (Å²) in [6.45, 7) is 9.89. The van der Waals surface area contributed by atoms with Gasteiger partial charge in [0.2, 0.25) is 0 Å². The van der Waals surface area contributed by atoms with Crippen molar-refractivity contribution in [1.29, 1.82) is 0 Å². The lowest BCUT2D eigenvalue weighted by Gasteiger charge is -2.24. The Kier molecular flexibility index (Phi) is 6.99. The van der Waals surface area contributed by atoms with Crippen molar-refractivity contribution in [1.82, 2.24) is 10.2 Å². The third-order valence-corrected chi connectivity index (χ3v) is 3.34. The molecule has 0 bridgehead atoms. The molecule has 1 aromatic carbocycles. The highest BCUT2D eigenvalue weighted by atomic mass is 19.1. The molecule has 3 nitrogen and oxygen atoms in total. The molecule has 0 heterocycles. The smallest absolute Gasteiger partial charge is 0.123 e. The topological polar surface area (TPSA) is 35.5 Å². The summed E-state index contributed by atoms with van der Waals surface area (Å²) in [6.07, 6.45) is -0.597. The zero-order chi connectivity index (χ0) is 14.3. The van der Waals surface area contributed by atoms with Gasteiger partial charge < -0.3 is 15.3 Å². The van der Waals surface area contributed by atoms with E-state index in [4.69, 9.17) is 0 Å². The average Bonchev–Trinajstić information content (AvgIpc) is 2.43. The second-order valence-corrected chi connectivity index (χ2v) is 4.86. The van der Waals surface area contributed by atoms with Crippen LogP contribution < -0.4 is 5.32 Å². The molecule has 1 aromatic rings. The van der Waals surface area contributed by atoms with Gasteiger partial charge in [-0.2, -0.15) is 0 Å². The molecule has 0 aliphatic rings. The fourth-order valence-corrected chi connectivity index (χ4v) is 2.05. The predicted octanol–water partition coefficient (Wildman–Crippen LogP) is 2.18. The summed E-state index contributed by atoms with van der Waals surface area (Å²) in [4.78, 5) is 2.34. The van der Waals surface area contributed by atoms with Crippen molar-refractivity contribution < 1.29 is 9.50 Å². The number of hydrogen-bond acceptors (Lipinski definition) is 3. The van der Waals surface area contributed by atoms with Crippen LogP contribution in [0.3, 0.4) is 0 Å². The first kappa shape index (κ1) is 16.1. The highest BCUT2D eigenvalue weighted by molar-refractivity contribution is 5.18. The number of nitrogens with one attached hydrogen (secondary N) is 1. The van der Waals surface area contributed by atoms with Gasteiger partial charge in [0.1, 0.15) is 5.82 Å². The quantitative estimate of drug-likeness (QED) is 0.758. The molecular formula is C15H25FN2O. The minimum Gasteiger partial charge on any atom is -0.387 e. The highest BCUT2D eigenvalue weighted by Gasteiger charge is 2.11. The van der Waals surface area contributed by atoms with Crippen molar-refractivity contribution in [2.24, 2.45) is 0 Å². The maximum absolute atomic E-state index is 12.8. The molecule has 2 unspecified atom stereocenters. The zero-order valence-electron chi connectivity index (χ0n) is 12.1. The van der Waals surface area contributed by atoms with E-state index in [9.17, 15) is 9.50 Å². The summed E-state index contributed by atoms with van der Waals surface area (Å²) in [5.41, 5.74) is 0.740. The fourth-order valence-electron chi connectivity index (χ4n) is 2.05. The molecule has 4 heteroatoms. The lowest BCUT2D eigenvalue weighted by Crippen LogP contribution is -2.40. The molecule has 0 aliphatic carbocycles. The molecule has 2 atom stereocenters. The number of aliphatic hydroxyl groups excluding tert-OH is 1. The Morgan fingerprint density at radius 1 is 1.21 bits per heavy atom. The third-order valence-electron chi connectivity index (χ3n) is 3.34. The second-order valence-electron chi connectivity index (χ2n) is 4.86. The van der Waals surface area contributed by atoms with E-state index >= 15 is 0 Å². The molecule has 2 N–H and O–H groups in total. The molecule has 0 aromatic heterocycles. The van der Waals surface area contributed by atoms with Gasteiger partial charge in [0.15, 0.2) is 0 Å². The van der Waals surface area contributed by atoms with Crippen LogP contribution in [0.4, 0.5) is 4.39 Å². The maximum atomic E-state index is 12.8. The van der Waals surface area contributed by atoms with Gasteiger partial charge in [-0.3, -0.25) is 0 Å². The predicted molar refractivity (Wildman–Crippen MR) is 76.6 cm³/mol. The van der Waals surface area contributed by atoms with E-state index in [1.54, 1.807) is 12.1 Å². The van der Waals surface area contributed by atoms with Crippen molar-refractivity contribution in [3.63, 3.8) is 0 Å². The van der Waals surface area contributed by atoms with Crippen LogP contribution in [0.5, 0.6) is 0 Å². The summed E-state index contributed by atoms with van der Waals surface area (Å²) in [7, 11) is 0. The van der Waals surface area contributed by atoms with Crippen LogP contribution >= 0.6 is 0 Å². The van der Waals surface area contributed by atoms with Crippen LogP contribution in [0.2, 0.25) is 0 Å². The van der Waals surface area contributed by atoms with Gasteiger partial charge in [-0.15, -0.1) is 0 Å². The third kappa shape index (κ3) is 5.68. The molecule has 0 radical (unpaired) electrons. The van der Waals surface area contributed by atoms with Gasteiger partial charge in [-0.05, 0) is 37.7 Å². The molecule has 0 fully saturated rings. The normalized spacial score (nSPS) is 14.6. The number of rotatable bonds is 8. The first-order chi connectivity index (χ1) is 9.06. The summed E-state index contributed by atoms with van der Waals surface area (Å²) in [5, 5.41) is 13.3. The molecule has 0 spiro atoms. The number of aliphatic hydroxyl groups is 1. The lowest BCUT2D eigenvalue weighted by atomic mass is 10.1. The second kappa shape index (κ2) is 8.25. The van der Waals surface area contributed by atoms with Crippen LogP contribution in [0, 0.1) is 5.82 Å². The van der Waals surface area contributed by atoms with Crippen LogP contribution in [0.1, 0.15) is 32.4 Å². The number of nitrogens with zero attached hydrogens (tertiary/aromatic N) is 1. The number of benzene rings is 1. The summed E-state index contributed by atoms with van der Waals surface area (Å²) < 4.78 is 12.8. The molecule has 0 aliphatic heterocycles. The van der Waals surface area contributed by atoms with E-state index in [0.717, 1.165) is 25.2 Å². The number of likely N-dealkylation sites (N-methyl/N-ethyl adjacent to an activating group) is 1. The van der Waals surface area contributed by atoms with E-state index in [1.165, 1.54) is 12.1 Å². The van der Waals surface area contributed by atoms with Crippen LogP contribution in [0.15, 0.2) is 24.3 Å². The van der Waals surface area contributed by atoms with Gasteiger partial charge in [-0.25, -0.2) is 4.39 Å². The van der Waals surface area contributed by atoms with E-state index in [-0.39, 0.29) is 5.82 Å². The lowest BCUT2D eigenvalue weighted by molar-refractivity contribution is 0.165. The Morgan fingerprint density at radius 2 is 1.79 bits per heavy atom. The van der Waals surface area contributed by atoms with Gasteiger partial charge in [0.05, 0.1) is 6.10 Å². The van der Waals surface area contributed by atoms with Crippen LogP contribution in [-0.4, -0.2) is 42.2 Å². The summed E-state index contributed by atoms with van der Waals surface area (Å²) >= 11 is 0. The Balaban J connectivity index is 2.37. The average molecular weight is 268 g/mol. The van der Waals surface area contributed by atoms with Crippen molar-refractivity contribution in [2.45, 2.75) is 32.9 Å². The molecule has 1 rings (SSSR count). The summed E-state index contributed by atoms with van der Waals surface area (Å²) in [6, 6.07) is 6.30. The van der Waals surface area contributed by atoms with E-state index < -0.39 is 6.10 Å². The van der Waals surface area contributed by atoms with E-state index in [2.05, 4.69) is 31.0 Å². The molecule has 0 saturated heterocycles. The Hall–Kier alpha value is -0.970. The van der Waals surface area contributed by atoms with Crippen LogP contribution in [0.25, 0.3) is 0 Å². The van der Waals surface area contributed by atoms with Crippen molar-refractivity contribution >= 4 is 0 Å². The number of halogens is 1. The van der Waals surface area contributed by atoms with Gasteiger partial charge >= 0.3 is 0 Å². The Bertz CT molecular complexity index is 352. The molecule has 0 amide bonds. The van der Waals surface area contributed by atoms with Crippen LogP contribution in [-0.2, 0) is 0 Å². The molecule has 108 valence electrons. The van der Waals surface area contributed by atoms with Gasteiger partial charge in [0.25, 0.3) is 0 Å². The maximum Gasteiger partial charge on any atom is 0.123 e. The number of hydrogen-bond donors (Lipinski definition) is 2.